The molecule has 0 bridgehead atoms. The third kappa shape index (κ3) is 2.41. The average molecular weight is 387 g/mol. The summed E-state index contributed by atoms with van der Waals surface area (Å²) in [6.45, 7) is 2.07. The van der Waals surface area contributed by atoms with Crippen LogP contribution in [0.15, 0.2) is 28.7 Å². The van der Waals surface area contributed by atoms with E-state index in [2.05, 4.69) is 20.9 Å². The van der Waals surface area contributed by atoms with Gasteiger partial charge in [0.1, 0.15) is 0 Å². The molecule has 2 aromatic carbocycles. The molecule has 0 unspecified atom stereocenters. The fourth-order valence-electron chi connectivity index (χ4n) is 2.35. The summed E-state index contributed by atoms with van der Waals surface area (Å²) in [5, 5.41) is 2.79. The van der Waals surface area contributed by atoms with E-state index in [0.29, 0.717) is 27.7 Å². The van der Waals surface area contributed by atoms with Crippen molar-refractivity contribution in [1.29, 1.82) is 0 Å². The van der Waals surface area contributed by atoms with Crippen LogP contribution in [-0.2, 0) is 4.74 Å². The highest BCUT2D eigenvalue weighted by molar-refractivity contribution is 9.10. The molecule has 0 aliphatic carbocycles. The fourth-order valence-corrected chi connectivity index (χ4v) is 3.25. The zero-order valence-electron chi connectivity index (χ0n) is 11.0. The van der Waals surface area contributed by atoms with Crippen LogP contribution in [0.4, 0.5) is 0 Å². The number of nitrogens with one attached hydrogen (secondary N) is 1. The number of carbonyl (C=O) groups excluding carboxylic acids is 1. The van der Waals surface area contributed by atoms with Gasteiger partial charge in [-0.1, -0.05) is 23.2 Å². The van der Waals surface area contributed by atoms with E-state index in [0.717, 1.165) is 20.8 Å². The molecule has 3 nitrogen and oxygen atoms in total. The molecule has 1 N–H and O–H groups in total. The van der Waals surface area contributed by atoms with Crippen LogP contribution < -0.4 is 0 Å². The molecule has 3 aromatic rings. The minimum Gasteiger partial charge on any atom is -0.462 e. The fraction of sp³-hybridized carbons (Fsp3) is 0.133. The molecule has 0 radical (unpaired) electrons. The minimum atomic E-state index is -0.408. The number of H-pyrrole nitrogens is 1. The maximum atomic E-state index is 12.1. The van der Waals surface area contributed by atoms with Gasteiger partial charge in [0.05, 0.1) is 22.7 Å². The molecule has 0 amide bonds. The largest absolute Gasteiger partial charge is 0.462 e. The first-order valence-corrected chi connectivity index (χ1v) is 7.84. The molecule has 21 heavy (non-hydrogen) atoms. The number of esters is 1. The number of carbonyl (C=O) groups is 1. The van der Waals surface area contributed by atoms with E-state index in [-0.39, 0.29) is 0 Å². The molecule has 0 aliphatic heterocycles. The monoisotopic (exact) mass is 385 g/mol. The van der Waals surface area contributed by atoms with Crippen molar-refractivity contribution in [3.63, 3.8) is 0 Å². The molecule has 0 spiro atoms. The van der Waals surface area contributed by atoms with Gasteiger partial charge in [-0.05, 0) is 47.1 Å². The van der Waals surface area contributed by atoms with E-state index in [1.807, 2.05) is 12.1 Å². The van der Waals surface area contributed by atoms with E-state index >= 15 is 0 Å². The molecule has 0 atom stereocenters. The van der Waals surface area contributed by atoms with Gasteiger partial charge in [-0.15, -0.1) is 0 Å². The van der Waals surface area contributed by atoms with Crippen LogP contribution >= 0.6 is 39.1 Å². The summed E-state index contributed by atoms with van der Waals surface area (Å²) in [4.78, 5) is 15.4. The maximum Gasteiger partial charge on any atom is 0.340 e. The van der Waals surface area contributed by atoms with Crippen molar-refractivity contribution in [3.8, 4) is 0 Å². The van der Waals surface area contributed by atoms with Crippen molar-refractivity contribution in [2.45, 2.75) is 6.92 Å². The Bertz CT molecular complexity index is 873. The third-order valence-electron chi connectivity index (χ3n) is 3.23. The highest BCUT2D eigenvalue weighted by Gasteiger charge is 2.19. The van der Waals surface area contributed by atoms with Crippen LogP contribution in [0, 0.1) is 0 Å². The summed E-state index contributed by atoms with van der Waals surface area (Å²) in [5.74, 6) is -0.408. The Kier molecular flexibility index (Phi) is 3.86. The van der Waals surface area contributed by atoms with Crippen LogP contribution in [0.5, 0.6) is 0 Å². The second-order valence-corrected chi connectivity index (χ2v) is 6.14. The minimum absolute atomic E-state index is 0.306. The highest BCUT2D eigenvalue weighted by atomic mass is 79.9. The molecule has 0 aliphatic rings. The zero-order chi connectivity index (χ0) is 15.1. The Morgan fingerprint density at radius 2 is 2.10 bits per heavy atom. The lowest BCUT2D eigenvalue weighted by atomic mass is 10.1. The highest BCUT2D eigenvalue weighted by Crippen LogP contribution is 2.39. The summed E-state index contributed by atoms with van der Waals surface area (Å²) in [5.41, 5.74) is 1.97. The van der Waals surface area contributed by atoms with Crippen molar-refractivity contribution in [2.24, 2.45) is 0 Å². The number of hydrogen-bond donors (Lipinski definition) is 1. The number of rotatable bonds is 2. The number of ether oxygens (including phenoxy) is 1. The zero-order valence-corrected chi connectivity index (χ0v) is 14.1. The van der Waals surface area contributed by atoms with Gasteiger partial charge < -0.3 is 9.72 Å². The van der Waals surface area contributed by atoms with Gasteiger partial charge in [0, 0.05) is 25.8 Å². The normalized spacial score (nSPS) is 11.2. The summed E-state index contributed by atoms with van der Waals surface area (Å²) >= 11 is 15.8. The summed E-state index contributed by atoms with van der Waals surface area (Å²) in [6.07, 6.45) is 0. The first kappa shape index (κ1) is 14.7. The van der Waals surface area contributed by atoms with Gasteiger partial charge in [0.2, 0.25) is 0 Å². The number of benzene rings is 2. The summed E-state index contributed by atoms with van der Waals surface area (Å²) in [6, 6.07) is 7.10. The van der Waals surface area contributed by atoms with Crippen LogP contribution in [0.25, 0.3) is 21.8 Å². The first-order valence-electron chi connectivity index (χ1n) is 6.29. The lowest BCUT2D eigenvalue weighted by Crippen LogP contribution is -2.05. The Hall–Kier alpha value is -1.23. The predicted molar refractivity (Wildman–Crippen MR) is 89.5 cm³/mol. The van der Waals surface area contributed by atoms with Crippen LogP contribution in [-0.4, -0.2) is 17.6 Å². The maximum absolute atomic E-state index is 12.1. The Balaban J connectivity index is 2.43. The van der Waals surface area contributed by atoms with E-state index in [1.54, 1.807) is 19.1 Å². The van der Waals surface area contributed by atoms with Crippen molar-refractivity contribution < 1.29 is 9.53 Å². The molecule has 3 rings (SSSR count). The standard InChI is InChI=1S/C15H10BrCl2NO2/c1-2-21-15(20)9-6-10(18)13(16)12-8-5-7(17)3-4-11(8)19-14(9)12/h3-6,19H,2H2,1H3. The molecular formula is C15H10BrCl2NO2. The number of halogens is 3. The molecule has 0 saturated heterocycles. The van der Waals surface area contributed by atoms with Crippen LogP contribution in [0.1, 0.15) is 17.3 Å². The second kappa shape index (κ2) is 5.52. The number of hydrogen-bond acceptors (Lipinski definition) is 2. The molecule has 1 aromatic heterocycles. The van der Waals surface area contributed by atoms with Gasteiger partial charge in [0.15, 0.2) is 0 Å². The topological polar surface area (TPSA) is 42.1 Å². The number of aromatic amines is 1. The van der Waals surface area contributed by atoms with E-state index in [4.69, 9.17) is 27.9 Å². The van der Waals surface area contributed by atoms with Crippen molar-refractivity contribution >= 4 is 66.9 Å². The number of fused-ring (bicyclic) bond motifs is 3. The summed E-state index contributed by atoms with van der Waals surface area (Å²) in [7, 11) is 0. The van der Waals surface area contributed by atoms with E-state index in [1.165, 1.54) is 0 Å². The lowest BCUT2D eigenvalue weighted by Gasteiger charge is -2.06. The second-order valence-electron chi connectivity index (χ2n) is 4.51. The van der Waals surface area contributed by atoms with E-state index in [9.17, 15) is 4.79 Å². The smallest absolute Gasteiger partial charge is 0.340 e. The van der Waals surface area contributed by atoms with Gasteiger partial charge in [-0.2, -0.15) is 0 Å². The predicted octanol–water partition coefficient (Wildman–Crippen LogP) is 5.57. The SMILES string of the molecule is CCOC(=O)c1cc(Cl)c(Br)c2c1[nH]c1ccc(Cl)cc12. The third-order valence-corrected chi connectivity index (χ3v) is 4.81. The molecule has 6 heteroatoms. The van der Waals surface area contributed by atoms with Crippen LogP contribution in [0.3, 0.4) is 0 Å². The molecule has 0 fully saturated rings. The number of aromatic nitrogens is 1. The van der Waals surface area contributed by atoms with Gasteiger partial charge >= 0.3 is 5.97 Å². The van der Waals surface area contributed by atoms with Crippen molar-refractivity contribution in [1.82, 2.24) is 4.98 Å². The lowest BCUT2D eigenvalue weighted by molar-refractivity contribution is 0.0528. The van der Waals surface area contributed by atoms with Crippen LogP contribution in [0.2, 0.25) is 10.0 Å². The molecule has 108 valence electrons. The van der Waals surface area contributed by atoms with Gasteiger partial charge in [-0.25, -0.2) is 4.79 Å². The van der Waals surface area contributed by atoms with Gasteiger partial charge in [-0.3, -0.25) is 0 Å². The quantitative estimate of drug-likeness (QED) is 0.585. The van der Waals surface area contributed by atoms with Gasteiger partial charge in [0.25, 0.3) is 0 Å². The molecule has 1 heterocycles. The van der Waals surface area contributed by atoms with Crippen molar-refractivity contribution in [3.05, 3.63) is 44.3 Å². The Morgan fingerprint density at radius 1 is 1.33 bits per heavy atom. The van der Waals surface area contributed by atoms with Crippen molar-refractivity contribution in [2.75, 3.05) is 6.61 Å². The summed E-state index contributed by atoms with van der Waals surface area (Å²) < 4.78 is 5.81. The molecule has 0 saturated carbocycles. The van der Waals surface area contributed by atoms with E-state index < -0.39 is 5.97 Å². The average Bonchev–Trinajstić information content (AvgIpc) is 2.81. The Morgan fingerprint density at radius 3 is 2.81 bits per heavy atom. The molecular weight excluding hydrogens is 377 g/mol. The first-order chi connectivity index (χ1) is 10.0. The Labute approximate surface area is 139 Å².